The van der Waals surface area contributed by atoms with E-state index in [1.807, 2.05) is 20.8 Å². The molecule has 13 heavy (non-hydrogen) atoms. The average molecular weight is 181 g/mol. The maximum Gasteiger partial charge on any atom is 0.126 e. The summed E-state index contributed by atoms with van der Waals surface area (Å²) in [5.74, 6) is 0.140. The first-order chi connectivity index (χ1) is 6.06. The van der Waals surface area contributed by atoms with E-state index >= 15 is 0 Å². The maximum atomic E-state index is 13.3. The van der Waals surface area contributed by atoms with Crippen LogP contribution in [0, 0.1) is 5.82 Å². The lowest BCUT2D eigenvalue weighted by atomic mass is 9.98. The van der Waals surface area contributed by atoms with Gasteiger partial charge >= 0.3 is 0 Å². The lowest BCUT2D eigenvalue weighted by Gasteiger charge is -2.11. The molecule has 0 saturated heterocycles. The Kier molecular flexibility index (Phi) is 2.91. The van der Waals surface area contributed by atoms with Crippen LogP contribution in [0.25, 0.3) is 0 Å². The molecule has 0 radical (unpaired) electrons. The summed E-state index contributed by atoms with van der Waals surface area (Å²) in [5.41, 5.74) is 8.10. The first-order valence-electron chi connectivity index (χ1n) is 4.64. The van der Waals surface area contributed by atoms with Gasteiger partial charge in [-0.1, -0.05) is 20.8 Å². The van der Waals surface area contributed by atoms with Gasteiger partial charge in [0.15, 0.2) is 0 Å². The molecule has 0 amide bonds. The van der Waals surface area contributed by atoms with E-state index < -0.39 is 0 Å². The zero-order valence-corrected chi connectivity index (χ0v) is 8.39. The van der Waals surface area contributed by atoms with Gasteiger partial charge in [-0.05, 0) is 35.6 Å². The highest BCUT2D eigenvalue weighted by Gasteiger charge is 2.08. The van der Waals surface area contributed by atoms with E-state index in [2.05, 4.69) is 0 Å². The molecule has 72 valence electrons. The minimum absolute atomic E-state index is 0.139. The normalized spacial score (nSPS) is 10.8. The van der Waals surface area contributed by atoms with Crippen molar-refractivity contribution in [1.29, 1.82) is 0 Å². The average Bonchev–Trinajstić information content (AvgIpc) is 2.07. The zero-order valence-electron chi connectivity index (χ0n) is 8.39. The monoisotopic (exact) mass is 181 g/mol. The first kappa shape index (κ1) is 10.0. The van der Waals surface area contributed by atoms with Crippen LogP contribution in [-0.2, 0) is 6.42 Å². The van der Waals surface area contributed by atoms with E-state index in [0.29, 0.717) is 17.7 Å². The highest BCUT2D eigenvalue weighted by molar-refractivity contribution is 5.51. The van der Waals surface area contributed by atoms with Gasteiger partial charge < -0.3 is 5.73 Å². The van der Waals surface area contributed by atoms with Gasteiger partial charge in [0.05, 0.1) is 0 Å². The van der Waals surface area contributed by atoms with Crippen LogP contribution >= 0.6 is 0 Å². The Morgan fingerprint density at radius 3 is 2.46 bits per heavy atom. The fraction of sp³-hybridized carbons (Fsp3) is 0.455. The summed E-state index contributed by atoms with van der Waals surface area (Å²) in [7, 11) is 0. The van der Waals surface area contributed by atoms with Gasteiger partial charge in [-0.2, -0.15) is 0 Å². The van der Waals surface area contributed by atoms with Gasteiger partial charge in [0.25, 0.3) is 0 Å². The number of nitrogen functional groups attached to an aromatic ring is 1. The summed E-state index contributed by atoms with van der Waals surface area (Å²) in [6.07, 6.45) is 0.689. The maximum absolute atomic E-state index is 13.3. The third kappa shape index (κ3) is 2.00. The van der Waals surface area contributed by atoms with Crippen molar-refractivity contribution in [3.63, 3.8) is 0 Å². The van der Waals surface area contributed by atoms with Crippen LogP contribution in [0.5, 0.6) is 0 Å². The van der Waals surface area contributed by atoms with Crippen molar-refractivity contribution in [3.05, 3.63) is 29.1 Å². The number of benzene rings is 1. The van der Waals surface area contributed by atoms with E-state index in [0.717, 1.165) is 5.56 Å². The van der Waals surface area contributed by atoms with E-state index in [-0.39, 0.29) is 11.7 Å². The molecular weight excluding hydrogens is 165 g/mol. The Morgan fingerprint density at radius 2 is 2.00 bits per heavy atom. The Bertz CT molecular complexity index is 305. The molecule has 2 N–H and O–H groups in total. The van der Waals surface area contributed by atoms with Crippen LogP contribution in [0.15, 0.2) is 12.1 Å². The number of nitrogens with two attached hydrogens (primary N) is 1. The molecule has 0 fully saturated rings. The van der Waals surface area contributed by atoms with E-state index in [1.54, 1.807) is 12.1 Å². The van der Waals surface area contributed by atoms with Crippen LogP contribution in [0.2, 0.25) is 0 Å². The quantitative estimate of drug-likeness (QED) is 0.697. The van der Waals surface area contributed by atoms with Crippen LogP contribution < -0.4 is 5.73 Å². The molecule has 0 aliphatic rings. The molecule has 0 unspecified atom stereocenters. The molecule has 0 aliphatic heterocycles. The Morgan fingerprint density at radius 1 is 1.38 bits per heavy atom. The summed E-state index contributed by atoms with van der Waals surface area (Å²) in [4.78, 5) is 0. The SMILES string of the molecule is CCc1cc(N)c(C(C)C)cc1F. The summed E-state index contributed by atoms with van der Waals surface area (Å²) in [6.45, 7) is 5.94. The zero-order chi connectivity index (χ0) is 10.0. The largest absolute Gasteiger partial charge is 0.398 e. The predicted octanol–water partition coefficient (Wildman–Crippen LogP) is 3.09. The molecular formula is C11H16FN. The summed E-state index contributed by atoms with van der Waals surface area (Å²) in [5, 5.41) is 0. The molecule has 0 heterocycles. The standard InChI is InChI=1S/C11H16FN/c1-4-8-5-11(13)9(7(2)3)6-10(8)12/h5-7H,4,13H2,1-3H3. The Labute approximate surface area is 78.8 Å². The molecule has 1 rings (SSSR count). The fourth-order valence-electron chi connectivity index (χ4n) is 1.42. The van der Waals surface area contributed by atoms with Crippen molar-refractivity contribution in [1.82, 2.24) is 0 Å². The van der Waals surface area contributed by atoms with Gasteiger partial charge in [0.1, 0.15) is 5.82 Å². The lowest BCUT2D eigenvalue weighted by molar-refractivity contribution is 0.608. The van der Waals surface area contributed by atoms with Crippen LogP contribution in [-0.4, -0.2) is 0 Å². The summed E-state index contributed by atoms with van der Waals surface area (Å²) >= 11 is 0. The highest BCUT2D eigenvalue weighted by atomic mass is 19.1. The van der Waals surface area contributed by atoms with Crippen LogP contribution in [0.4, 0.5) is 10.1 Å². The van der Waals surface area contributed by atoms with Gasteiger partial charge in [-0.15, -0.1) is 0 Å². The van der Waals surface area contributed by atoms with Crippen LogP contribution in [0.3, 0.4) is 0 Å². The Balaban J connectivity index is 3.20. The number of hydrogen-bond donors (Lipinski definition) is 1. The number of hydrogen-bond acceptors (Lipinski definition) is 1. The molecule has 0 aromatic heterocycles. The van der Waals surface area contributed by atoms with Crippen molar-refractivity contribution >= 4 is 5.69 Å². The van der Waals surface area contributed by atoms with Crippen molar-refractivity contribution < 1.29 is 4.39 Å². The molecule has 0 spiro atoms. The number of anilines is 1. The number of halogens is 1. The van der Waals surface area contributed by atoms with E-state index in [1.165, 1.54) is 0 Å². The van der Waals surface area contributed by atoms with E-state index in [4.69, 9.17) is 5.73 Å². The van der Waals surface area contributed by atoms with Crippen molar-refractivity contribution in [3.8, 4) is 0 Å². The second-order valence-corrected chi connectivity index (χ2v) is 3.58. The smallest absolute Gasteiger partial charge is 0.126 e. The summed E-state index contributed by atoms with van der Waals surface area (Å²) in [6, 6.07) is 3.30. The molecule has 1 aromatic rings. The third-order valence-corrected chi connectivity index (χ3v) is 2.25. The van der Waals surface area contributed by atoms with Crippen LogP contribution in [0.1, 0.15) is 37.8 Å². The van der Waals surface area contributed by atoms with Crippen molar-refractivity contribution in [2.75, 3.05) is 5.73 Å². The highest BCUT2D eigenvalue weighted by Crippen LogP contribution is 2.25. The molecule has 2 heteroatoms. The van der Waals surface area contributed by atoms with Crippen molar-refractivity contribution in [2.24, 2.45) is 0 Å². The fourth-order valence-corrected chi connectivity index (χ4v) is 1.42. The molecule has 0 bridgehead atoms. The van der Waals surface area contributed by atoms with Gasteiger partial charge in [0.2, 0.25) is 0 Å². The molecule has 1 aromatic carbocycles. The van der Waals surface area contributed by atoms with Gasteiger partial charge in [-0.3, -0.25) is 0 Å². The van der Waals surface area contributed by atoms with E-state index in [9.17, 15) is 4.39 Å². The predicted molar refractivity (Wildman–Crippen MR) is 54.3 cm³/mol. The molecule has 0 atom stereocenters. The minimum atomic E-state index is -0.139. The lowest BCUT2D eigenvalue weighted by Crippen LogP contribution is -2.00. The second kappa shape index (κ2) is 3.77. The van der Waals surface area contributed by atoms with Gasteiger partial charge in [-0.25, -0.2) is 4.39 Å². The first-order valence-corrected chi connectivity index (χ1v) is 4.64. The number of rotatable bonds is 2. The molecule has 0 saturated carbocycles. The summed E-state index contributed by atoms with van der Waals surface area (Å²) < 4.78 is 13.3. The number of aryl methyl sites for hydroxylation is 1. The van der Waals surface area contributed by atoms with Crippen molar-refractivity contribution in [2.45, 2.75) is 33.1 Å². The molecule has 0 aliphatic carbocycles. The molecule has 1 nitrogen and oxygen atoms in total. The topological polar surface area (TPSA) is 26.0 Å². The second-order valence-electron chi connectivity index (χ2n) is 3.58. The minimum Gasteiger partial charge on any atom is -0.398 e. The Hall–Kier alpha value is -1.05. The third-order valence-electron chi connectivity index (χ3n) is 2.25. The van der Waals surface area contributed by atoms with Gasteiger partial charge in [0, 0.05) is 5.69 Å².